The van der Waals surface area contributed by atoms with Crippen molar-refractivity contribution in [2.45, 2.75) is 38.5 Å². The normalized spacial score (nSPS) is 21.7. The third kappa shape index (κ3) is 4.31. The van der Waals surface area contributed by atoms with Gasteiger partial charge in [0.25, 0.3) is 0 Å². The third-order valence-corrected chi connectivity index (χ3v) is 7.78. The maximum absolute atomic E-state index is 12.5. The van der Waals surface area contributed by atoms with Crippen LogP contribution < -0.4 is 15.5 Å². The van der Waals surface area contributed by atoms with E-state index < -0.39 is 21.8 Å². The van der Waals surface area contributed by atoms with Crippen LogP contribution in [0.2, 0.25) is 0 Å². The van der Waals surface area contributed by atoms with Gasteiger partial charge in [0, 0.05) is 31.9 Å². The fraction of sp³-hybridized carbons (Fsp3) is 0.571. The van der Waals surface area contributed by atoms with Gasteiger partial charge >= 0.3 is 11.8 Å². The van der Waals surface area contributed by atoms with Crippen molar-refractivity contribution in [3.8, 4) is 0 Å². The lowest BCUT2D eigenvalue weighted by Gasteiger charge is -2.30. The van der Waals surface area contributed by atoms with Gasteiger partial charge in [0.1, 0.15) is 0 Å². The van der Waals surface area contributed by atoms with Gasteiger partial charge in [0.05, 0.1) is 17.9 Å². The summed E-state index contributed by atoms with van der Waals surface area (Å²) in [5.74, 6) is -1.50. The number of piperidine rings is 1. The van der Waals surface area contributed by atoms with Crippen molar-refractivity contribution in [1.82, 2.24) is 9.62 Å². The van der Waals surface area contributed by atoms with Crippen LogP contribution in [-0.2, 0) is 30.8 Å². The van der Waals surface area contributed by atoms with E-state index in [1.807, 2.05) is 17.9 Å². The zero-order chi connectivity index (χ0) is 22.3. The first-order valence-electron chi connectivity index (χ1n) is 10.7. The maximum Gasteiger partial charge on any atom is 0.313 e. The number of amides is 3. The van der Waals surface area contributed by atoms with Crippen LogP contribution in [0.5, 0.6) is 0 Å². The minimum absolute atomic E-state index is 0.0825. The van der Waals surface area contributed by atoms with E-state index >= 15 is 0 Å². The van der Waals surface area contributed by atoms with Crippen molar-refractivity contribution < 1.29 is 22.8 Å². The van der Waals surface area contributed by atoms with Gasteiger partial charge in [0.2, 0.25) is 15.9 Å². The summed E-state index contributed by atoms with van der Waals surface area (Å²) in [6.45, 7) is 3.78. The van der Waals surface area contributed by atoms with Crippen molar-refractivity contribution in [1.29, 1.82) is 0 Å². The molecule has 1 aromatic rings. The lowest BCUT2D eigenvalue weighted by molar-refractivity contribution is -0.136. The topological polar surface area (TPSA) is 116 Å². The highest BCUT2D eigenvalue weighted by atomic mass is 32.2. The molecule has 0 aliphatic carbocycles. The zero-order valence-corrected chi connectivity index (χ0v) is 18.6. The average molecular weight is 449 g/mol. The van der Waals surface area contributed by atoms with Crippen molar-refractivity contribution >= 4 is 39.1 Å². The molecule has 3 aliphatic rings. The molecule has 0 radical (unpaired) electrons. The fourth-order valence-corrected chi connectivity index (χ4v) is 5.59. The van der Waals surface area contributed by atoms with Crippen LogP contribution in [0.4, 0.5) is 11.4 Å². The van der Waals surface area contributed by atoms with Crippen LogP contribution >= 0.6 is 0 Å². The van der Waals surface area contributed by atoms with E-state index in [0.717, 1.165) is 36.2 Å². The molecular weight excluding hydrogens is 420 g/mol. The molecule has 0 aromatic heterocycles. The van der Waals surface area contributed by atoms with Crippen LogP contribution in [0.1, 0.15) is 43.2 Å². The smallest absolute Gasteiger partial charge is 0.313 e. The number of hydrogen-bond donors (Lipinski definition) is 2. The van der Waals surface area contributed by atoms with E-state index in [1.165, 1.54) is 10.6 Å². The first-order chi connectivity index (χ1) is 14.6. The summed E-state index contributed by atoms with van der Waals surface area (Å²) >= 11 is 0. The number of nitrogens with zero attached hydrogens (tertiary/aromatic N) is 2. The summed E-state index contributed by atoms with van der Waals surface area (Å²) in [7, 11) is -3.19. The number of sulfonamides is 1. The predicted molar refractivity (Wildman–Crippen MR) is 116 cm³/mol. The summed E-state index contributed by atoms with van der Waals surface area (Å²) in [5, 5.41) is 5.33. The van der Waals surface area contributed by atoms with Gasteiger partial charge in [-0.05, 0) is 61.8 Å². The summed E-state index contributed by atoms with van der Waals surface area (Å²) in [5.41, 5.74) is 3.41. The standard InChI is InChI=1S/C21H28N4O5S/c1-13-17-11-16(10-15-4-3-7-25(18(15)17)21(13)28)23-20(27)19(26)22-12-14-5-8-24(9-6-14)31(2,29)30/h10-11,13-14H,3-9,12H2,1-2H3,(H,22,26)(H,23,27)/t13-/m1/s1. The van der Waals surface area contributed by atoms with Crippen molar-refractivity contribution in [2.24, 2.45) is 5.92 Å². The largest absolute Gasteiger partial charge is 0.348 e. The molecule has 168 valence electrons. The van der Waals surface area contributed by atoms with E-state index in [-0.39, 0.29) is 17.7 Å². The molecule has 3 heterocycles. The second-order valence-corrected chi connectivity index (χ2v) is 10.6. The Morgan fingerprint density at radius 3 is 2.52 bits per heavy atom. The first-order valence-corrected chi connectivity index (χ1v) is 12.5. The van der Waals surface area contributed by atoms with Crippen LogP contribution in [0.25, 0.3) is 0 Å². The monoisotopic (exact) mass is 448 g/mol. The minimum atomic E-state index is -3.19. The Hall–Kier alpha value is -2.46. The van der Waals surface area contributed by atoms with E-state index in [9.17, 15) is 22.8 Å². The molecule has 4 rings (SSSR count). The van der Waals surface area contributed by atoms with E-state index in [2.05, 4.69) is 10.6 Å². The number of rotatable bonds is 4. The van der Waals surface area contributed by atoms with E-state index in [0.29, 0.717) is 38.2 Å². The van der Waals surface area contributed by atoms with Crippen LogP contribution in [0.3, 0.4) is 0 Å². The zero-order valence-electron chi connectivity index (χ0n) is 17.8. The lowest BCUT2D eigenvalue weighted by Crippen LogP contribution is -2.43. The molecule has 1 fully saturated rings. The summed E-state index contributed by atoms with van der Waals surface area (Å²) in [6, 6.07) is 3.64. The number of nitrogens with one attached hydrogen (secondary N) is 2. The molecule has 2 N–H and O–H groups in total. The summed E-state index contributed by atoms with van der Waals surface area (Å²) in [4.78, 5) is 39.0. The second kappa shape index (κ2) is 8.23. The molecule has 0 unspecified atom stereocenters. The molecule has 3 aliphatic heterocycles. The Bertz CT molecular complexity index is 1030. The number of benzene rings is 1. The van der Waals surface area contributed by atoms with Gasteiger partial charge in [-0.15, -0.1) is 0 Å². The van der Waals surface area contributed by atoms with Gasteiger partial charge in [-0.1, -0.05) is 0 Å². The molecule has 0 bridgehead atoms. The summed E-state index contributed by atoms with van der Waals surface area (Å²) in [6.07, 6.45) is 4.19. The fourth-order valence-electron chi connectivity index (χ4n) is 4.72. The number of carbonyl (C=O) groups is 3. The van der Waals surface area contributed by atoms with Crippen molar-refractivity contribution in [3.05, 3.63) is 23.3 Å². The predicted octanol–water partition coefficient (Wildman–Crippen LogP) is 0.809. The minimum Gasteiger partial charge on any atom is -0.348 e. The number of carbonyl (C=O) groups excluding carboxylic acids is 3. The van der Waals surface area contributed by atoms with Crippen LogP contribution in [-0.4, -0.2) is 62.9 Å². The number of anilines is 2. The summed E-state index contributed by atoms with van der Waals surface area (Å²) < 4.78 is 24.6. The Kier molecular flexibility index (Phi) is 5.78. The van der Waals surface area contributed by atoms with Crippen LogP contribution in [0.15, 0.2) is 12.1 Å². The Labute approximate surface area is 182 Å². The van der Waals surface area contributed by atoms with Crippen molar-refractivity contribution in [2.75, 3.05) is 42.7 Å². The molecule has 1 aromatic carbocycles. The molecule has 9 nitrogen and oxygen atoms in total. The molecule has 10 heteroatoms. The maximum atomic E-state index is 12.5. The van der Waals surface area contributed by atoms with E-state index in [4.69, 9.17) is 0 Å². The molecule has 0 spiro atoms. The Morgan fingerprint density at radius 1 is 1.13 bits per heavy atom. The molecule has 1 saturated heterocycles. The van der Waals surface area contributed by atoms with Gasteiger partial charge in [-0.3, -0.25) is 14.4 Å². The molecule has 31 heavy (non-hydrogen) atoms. The quantitative estimate of drug-likeness (QED) is 0.662. The highest BCUT2D eigenvalue weighted by Crippen LogP contribution is 2.44. The lowest BCUT2D eigenvalue weighted by atomic mass is 9.96. The number of aryl methyl sites for hydroxylation is 1. The molecule has 3 amide bonds. The Morgan fingerprint density at radius 2 is 1.84 bits per heavy atom. The Balaban J connectivity index is 1.34. The molecule has 0 saturated carbocycles. The first kappa shape index (κ1) is 21.8. The van der Waals surface area contributed by atoms with Gasteiger partial charge in [0.15, 0.2) is 0 Å². The van der Waals surface area contributed by atoms with Crippen LogP contribution in [0, 0.1) is 5.92 Å². The molecular formula is C21H28N4O5S. The van der Waals surface area contributed by atoms with Gasteiger partial charge < -0.3 is 15.5 Å². The average Bonchev–Trinajstić information content (AvgIpc) is 2.98. The van der Waals surface area contributed by atoms with Crippen molar-refractivity contribution in [3.63, 3.8) is 0 Å². The van der Waals surface area contributed by atoms with Gasteiger partial charge in [-0.25, -0.2) is 12.7 Å². The number of hydrogen-bond acceptors (Lipinski definition) is 5. The SMILES string of the molecule is C[C@H]1C(=O)N2CCCc3cc(NC(=O)C(=O)NCC4CCN(S(C)(=O)=O)CC4)cc1c32. The van der Waals surface area contributed by atoms with Gasteiger partial charge in [-0.2, -0.15) is 0 Å². The highest BCUT2D eigenvalue weighted by Gasteiger charge is 2.38. The third-order valence-electron chi connectivity index (χ3n) is 6.48. The molecule has 1 atom stereocenters. The van der Waals surface area contributed by atoms with E-state index in [1.54, 1.807) is 6.07 Å². The second-order valence-electron chi connectivity index (χ2n) is 8.66. The highest BCUT2D eigenvalue weighted by molar-refractivity contribution is 7.88.